The highest BCUT2D eigenvalue weighted by Gasteiger charge is 2.25. The Kier molecular flexibility index (Phi) is 7.30. The minimum absolute atomic E-state index is 0.260. The van der Waals surface area contributed by atoms with Crippen molar-refractivity contribution < 1.29 is 24.2 Å². The zero-order valence-corrected chi connectivity index (χ0v) is 19.2. The van der Waals surface area contributed by atoms with Gasteiger partial charge in [-0.1, -0.05) is 45.2 Å². The van der Waals surface area contributed by atoms with Gasteiger partial charge >= 0.3 is 5.97 Å². The molecule has 3 rings (SSSR count). The van der Waals surface area contributed by atoms with Gasteiger partial charge in [0, 0.05) is 4.47 Å². The van der Waals surface area contributed by atoms with E-state index in [-0.39, 0.29) is 11.7 Å². The Morgan fingerprint density at radius 2 is 2.10 bits per heavy atom. The number of aliphatic imine (C=N–C) groups is 1. The number of carbonyl (C=O) groups excluding carboxylic acids is 1. The molecule has 0 aromatic heterocycles. The Bertz CT molecular complexity index is 1090. The van der Waals surface area contributed by atoms with Crippen LogP contribution in [0, 0.1) is 0 Å². The largest absolute Gasteiger partial charge is 0.493 e. The zero-order valence-electron chi connectivity index (χ0n) is 15.2. The highest BCUT2D eigenvalue weighted by molar-refractivity contribution is 9.10. The van der Waals surface area contributed by atoms with E-state index in [0.717, 1.165) is 11.8 Å². The normalized spacial score (nSPS) is 16.1. The van der Waals surface area contributed by atoms with Gasteiger partial charge in [-0.05, 0) is 47.7 Å². The summed E-state index contributed by atoms with van der Waals surface area (Å²) in [7, 11) is 1.43. The first-order chi connectivity index (χ1) is 14.3. The minimum Gasteiger partial charge on any atom is -0.493 e. The second-order valence-corrected chi connectivity index (χ2v) is 8.43. The Balaban J connectivity index is 1.88. The number of thioether (sulfide) groups is 1. The fourth-order valence-corrected chi connectivity index (χ4v) is 3.98. The SMILES string of the molecule is COc1cc(C=C2SC(=Nc3cccc(Cl)c3Cl)NC2=O)c(Br)cc1OCC(=O)O. The van der Waals surface area contributed by atoms with Crippen molar-refractivity contribution in [3.8, 4) is 11.5 Å². The smallest absolute Gasteiger partial charge is 0.341 e. The molecular formula is C19H13BrCl2N2O5S. The molecule has 156 valence electrons. The first kappa shape index (κ1) is 22.5. The van der Waals surface area contributed by atoms with Crippen LogP contribution in [0.3, 0.4) is 0 Å². The maximum atomic E-state index is 12.4. The number of ether oxygens (including phenoxy) is 2. The lowest BCUT2D eigenvalue weighted by Gasteiger charge is -2.11. The van der Waals surface area contributed by atoms with E-state index in [1.54, 1.807) is 36.4 Å². The molecule has 11 heteroatoms. The van der Waals surface area contributed by atoms with Crippen molar-refractivity contribution in [3.63, 3.8) is 0 Å². The third-order valence-corrected chi connectivity index (χ3v) is 6.13. The molecule has 2 N–H and O–H groups in total. The number of carbonyl (C=O) groups is 2. The van der Waals surface area contributed by atoms with Gasteiger partial charge in [0.25, 0.3) is 5.91 Å². The Labute approximate surface area is 194 Å². The maximum absolute atomic E-state index is 12.4. The topological polar surface area (TPSA) is 97.2 Å². The van der Waals surface area contributed by atoms with Crippen molar-refractivity contribution in [2.75, 3.05) is 13.7 Å². The molecule has 1 fully saturated rings. The lowest BCUT2D eigenvalue weighted by Crippen LogP contribution is -2.19. The van der Waals surface area contributed by atoms with Gasteiger partial charge in [-0.25, -0.2) is 9.79 Å². The van der Waals surface area contributed by atoms with Gasteiger partial charge in [0.05, 0.1) is 27.7 Å². The van der Waals surface area contributed by atoms with Crippen LogP contribution in [0.15, 0.2) is 44.7 Å². The molecule has 0 bridgehead atoms. The third-order valence-electron chi connectivity index (χ3n) is 3.72. The van der Waals surface area contributed by atoms with E-state index in [4.69, 9.17) is 37.8 Å². The average molecular weight is 532 g/mol. The molecule has 1 heterocycles. The molecule has 1 aliphatic heterocycles. The standard InChI is InChI=1S/C19H13BrCl2N2O5S/c1-28-13-5-9(10(20)7-14(13)29-8-16(25)26)6-15-18(27)24-19(30-15)23-12-4-2-3-11(21)17(12)22/h2-7H,8H2,1H3,(H,25,26)(H,23,24,27). The van der Waals surface area contributed by atoms with Crippen LogP contribution in [0.2, 0.25) is 10.0 Å². The van der Waals surface area contributed by atoms with Crippen molar-refractivity contribution in [2.24, 2.45) is 4.99 Å². The number of hydrogen-bond donors (Lipinski definition) is 2. The number of carboxylic acid groups (broad SMARTS) is 1. The van der Waals surface area contributed by atoms with Gasteiger partial charge in [0.2, 0.25) is 0 Å². The van der Waals surface area contributed by atoms with Crippen LogP contribution in [-0.4, -0.2) is 35.9 Å². The second kappa shape index (κ2) is 9.74. The van der Waals surface area contributed by atoms with E-state index < -0.39 is 12.6 Å². The van der Waals surface area contributed by atoms with Crippen LogP contribution in [0.5, 0.6) is 11.5 Å². The van der Waals surface area contributed by atoms with Crippen molar-refractivity contribution in [1.29, 1.82) is 0 Å². The summed E-state index contributed by atoms with van der Waals surface area (Å²) >= 11 is 16.7. The fraction of sp³-hybridized carbons (Fsp3) is 0.105. The lowest BCUT2D eigenvalue weighted by atomic mass is 10.2. The summed E-state index contributed by atoms with van der Waals surface area (Å²) in [4.78, 5) is 27.8. The van der Waals surface area contributed by atoms with Crippen molar-refractivity contribution in [2.45, 2.75) is 0 Å². The number of benzene rings is 2. The molecule has 2 aromatic carbocycles. The van der Waals surface area contributed by atoms with Crippen molar-refractivity contribution >= 4 is 79.7 Å². The summed E-state index contributed by atoms with van der Waals surface area (Å²) < 4.78 is 11.1. The van der Waals surface area contributed by atoms with E-state index in [0.29, 0.717) is 41.6 Å². The fourth-order valence-electron chi connectivity index (χ4n) is 2.38. The van der Waals surface area contributed by atoms with Crippen molar-refractivity contribution in [1.82, 2.24) is 5.32 Å². The van der Waals surface area contributed by atoms with E-state index in [1.165, 1.54) is 7.11 Å². The van der Waals surface area contributed by atoms with Crippen LogP contribution in [-0.2, 0) is 9.59 Å². The monoisotopic (exact) mass is 530 g/mol. The lowest BCUT2D eigenvalue weighted by molar-refractivity contribution is -0.139. The predicted octanol–water partition coefficient (Wildman–Crippen LogP) is 5.12. The van der Waals surface area contributed by atoms with Crippen LogP contribution >= 0.6 is 50.9 Å². The van der Waals surface area contributed by atoms with E-state index in [1.807, 2.05) is 0 Å². The van der Waals surface area contributed by atoms with Gasteiger partial charge in [0.1, 0.15) is 0 Å². The molecule has 2 aromatic rings. The molecule has 0 unspecified atom stereocenters. The summed E-state index contributed by atoms with van der Waals surface area (Å²) in [6.45, 7) is -0.507. The van der Waals surface area contributed by atoms with Crippen LogP contribution in [0.1, 0.15) is 5.56 Å². The molecule has 0 radical (unpaired) electrons. The predicted molar refractivity (Wildman–Crippen MR) is 121 cm³/mol. The minimum atomic E-state index is -1.11. The number of aliphatic carboxylic acids is 1. The van der Waals surface area contributed by atoms with Crippen LogP contribution < -0.4 is 14.8 Å². The Morgan fingerprint density at radius 3 is 2.80 bits per heavy atom. The Hall–Kier alpha value is -2.20. The van der Waals surface area contributed by atoms with Gasteiger partial charge < -0.3 is 19.9 Å². The molecule has 0 aliphatic carbocycles. The van der Waals surface area contributed by atoms with E-state index in [9.17, 15) is 9.59 Å². The first-order valence-electron chi connectivity index (χ1n) is 8.24. The summed E-state index contributed by atoms with van der Waals surface area (Å²) in [5.74, 6) is -0.844. The highest BCUT2D eigenvalue weighted by atomic mass is 79.9. The number of methoxy groups -OCH3 is 1. The number of amidine groups is 1. The van der Waals surface area contributed by atoms with Gasteiger partial charge in [0.15, 0.2) is 23.3 Å². The number of hydrogen-bond acceptors (Lipinski definition) is 6. The molecule has 7 nitrogen and oxygen atoms in total. The third kappa shape index (κ3) is 5.28. The second-order valence-electron chi connectivity index (χ2n) is 5.76. The summed E-state index contributed by atoms with van der Waals surface area (Å²) in [6, 6.07) is 8.25. The average Bonchev–Trinajstić information content (AvgIpc) is 3.04. The Morgan fingerprint density at radius 1 is 1.33 bits per heavy atom. The number of nitrogens with one attached hydrogen (secondary N) is 1. The number of nitrogens with zero attached hydrogens (tertiary/aromatic N) is 1. The first-order valence-corrected chi connectivity index (χ1v) is 10.6. The molecule has 1 aliphatic rings. The van der Waals surface area contributed by atoms with Crippen LogP contribution in [0.25, 0.3) is 6.08 Å². The van der Waals surface area contributed by atoms with Crippen LogP contribution in [0.4, 0.5) is 5.69 Å². The number of rotatable bonds is 6. The molecular weight excluding hydrogens is 519 g/mol. The number of halogens is 3. The molecule has 1 amide bonds. The summed E-state index contributed by atoms with van der Waals surface area (Å²) in [6.07, 6.45) is 1.65. The van der Waals surface area contributed by atoms with Gasteiger partial charge in [-0.2, -0.15) is 0 Å². The highest BCUT2D eigenvalue weighted by Crippen LogP contribution is 2.37. The van der Waals surface area contributed by atoms with Gasteiger partial charge in [-0.3, -0.25) is 4.79 Å². The quantitative estimate of drug-likeness (QED) is 0.502. The summed E-state index contributed by atoms with van der Waals surface area (Å²) in [5.41, 5.74) is 1.07. The number of carboxylic acids is 1. The van der Waals surface area contributed by atoms with E-state index >= 15 is 0 Å². The van der Waals surface area contributed by atoms with Gasteiger partial charge in [-0.15, -0.1) is 0 Å². The molecule has 0 saturated carbocycles. The number of amides is 1. The molecule has 1 saturated heterocycles. The van der Waals surface area contributed by atoms with E-state index in [2.05, 4.69) is 26.2 Å². The molecule has 0 atom stereocenters. The van der Waals surface area contributed by atoms with Crippen molar-refractivity contribution in [3.05, 3.63) is 55.3 Å². The summed E-state index contributed by atoms with van der Waals surface area (Å²) in [5, 5.41) is 12.5. The maximum Gasteiger partial charge on any atom is 0.341 e. The molecule has 30 heavy (non-hydrogen) atoms. The zero-order chi connectivity index (χ0) is 21.8. The molecule has 0 spiro atoms.